The second-order valence-corrected chi connectivity index (χ2v) is 4.98. The molecule has 0 aliphatic carbocycles. The van der Waals surface area contributed by atoms with Crippen molar-refractivity contribution in [2.24, 2.45) is 0 Å². The Morgan fingerprint density at radius 1 is 1.33 bits per heavy atom. The minimum absolute atomic E-state index is 0.274. The van der Waals surface area contributed by atoms with Gasteiger partial charge in [-0.25, -0.2) is 9.97 Å². The lowest BCUT2D eigenvalue weighted by Crippen LogP contribution is -2.07. The van der Waals surface area contributed by atoms with Gasteiger partial charge in [0.05, 0.1) is 4.47 Å². The van der Waals surface area contributed by atoms with E-state index in [1.165, 1.54) is 0 Å². The molecule has 0 spiro atoms. The van der Waals surface area contributed by atoms with Crippen LogP contribution >= 0.6 is 27.7 Å². The van der Waals surface area contributed by atoms with Gasteiger partial charge < -0.3 is 10.4 Å². The minimum atomic E-state index is 0.274. The molecule has 1 aromatic heterocycles. The summed E-state index contributed by atoms with van der Waals surface area (Å²) in [5.41, 5.74) is 0. The summed E-state index contributed by atoms with van der Waals surface area (Å²) in [5, 5.41) is 11.7. The fourth-order valence-corrected chi connectivity index (χ4v) is 1.90. The molecule has 1 heterocycles. The number of nitrogens with zero attached hydrogens (tertiary/aromatic N) is 2. The van der Waals surface area contributed by atoms with Gasteiger partial charge in [-0.15, -0.1) is 0 Å². The first kappa shape index (κ1) is 12.7. The van der Waals surface area contributed by atoms with Crippen LogP contribution in [0.4, 0.5) is 5.95 Å². The second-order valence-electron chi connectivity index (χ2n) is 2.84. The molecule has 0 atom stereocenters. The van der Waals surface area contributed by atoms with E-state index in [9.17, 15) is 0 Å². The highest BCUT2D eigenvalue weighted by atomic mass is 79.9. The summed E-state index contributed by atoms with van der Waals surface area (Å²) in [4.78, 5) is 8.19. The molecule has 15 heavy (non-hydrogen) atoms. The van der Waals surface area contributed by atoms with Crippen LogP contribution in [0, 0.1) is 0 Å². The molecule has 4 nitrogen and oxygen atoms in total. The maximum absolute atomic E-state index is 8.57. The van der Waals surface area contributed by atoms with E-state index in [1.54, 1.807) is 12.4 Å². The zero-order valence-corrected chi connectivity index (χ0v) is 10.7. The zero-order chi connectivity index (χ0) is 10.9. The maximum Gasteiger partial charge on any atom is 0.222 e. The van der Waals surface area contributed by atoms with Crippen LogP contribution < -0.4 is 5.32 Å². The van der Waals surface area contributed by atoms with E-state index >= 15 is 0 Å². The van der Waals surface area contributed by atoms with Crippen molar-refractivity contribution in [2.45, 2.75) is 6.42 Å². The van der Waals surface area contributed by atoms with Gasteiger partial charge in [0.15, 0.2) is 0 Å². The average molecular weight is 292 g/mol. The average Bonchev–Trinajstić information content (AvgIpc) is 2.26. The lowest BCUT2D eigenvalue weighted by atomic mass is 10.5. The zero-order valence-electron chi connectivity index (χ0n) is 8.32. The second kappa shape index (κ2) is 7.90. The molecule has 1 aromatic rings. The van der Waals surface area contributed by atoms with Crippen molar-refractivity contribution in [1.82, 2.24) is 9.97 Å². The molecule has 0 aliphatic rings. The molecule has 0 saturated carbocycles. The van der Waals surface area contributed by atoms with E-state index in [2.05, 4.69) is 31.2 Å². The SMILES string of the molecule is OCCCSCCNc1ncc(Br)cn1. The highest BCUT2D eigenvalue weighted by Gasteiger charge is 1.94. The van der Waals surface area contributed by atoms with Crippen LogP contribution in [0.1, 0.15) is 6.42 Å². The van der Waals surface area contributed by atoms with Crippen LogP contribution in [0.25, 0.3) is 0 Å². The van der Waals surface area contributed by atoms with E-state index in [-0.39, 0.29) is 6.61 Å². The van der Waals surface area contributed by atoms with E-state index < -0.39 is 0 Å². The monoisotopic (exact) mass is 291 g/mol. The Balaban J connectivity index is 2.07. The normalized spacial score (nSPS) is 10.3. The molecule has 0 aromatic carbocycles. The quantitative estimate of drug-likeness (QED) is 0.750. The lowest BCUT2D eigenvalue weighted by Gasteiger charge is -2.03. The van der Waals surface area contributed by atoms with Crippen LogP contribution in [0.5, 0.6) is 0 Å². The summed E-state index contributed by atoms with van der Waals surface area (Å²) in [6.45, 7) is 1.12. The number of aromatic nitrogens is 2. The van der Waals surface area contributed by atoms with E-state index in [1.807, 2.05) is 11.8 Å². The Labute approximate surface area is 102 Å². The van der Waals surface area contributed by atoms with Gasteiger partial charge in [-0.05, 0) is 28.1 Å². The molecule has 6 heteroatoms. The summed E-state index contributed by atoms with van der Waals surface area (Å²) < 4.78 is 0.880. The van der Waals surface area contributed by atoms with Crippen LogP contribution in [0.2, 0.25) is 0 Å². The van der Waals surface area contributed by atoms with Crippen LogP contribution in [-0.2, 0) is 0 Å². The van der Waals surface area contributed by atoms with Gasteiger partial charge in [-0.1, -0.05) is 0 Å². The van der Waals surface area contributed by atoms with Crippen molar-refractivity contribution in [3.63, 3.8) is 0 Å². The van der Waals surface area contributed by atoms with Crippen molar-refractivity contribution < 1.29 is 5.11 Å². The van der Waals surface area contributed by atoms with Crippen molar-refractivity contribution in [2.75, 3.05) is 30.0 Å². The third-order valence-electron chi connectivity index (χ3n) is 1.60. The topological polar surface area (TPSA) is 58.0 Å². The summed E-state index contributed by atoms with van der Waals surface area (Å²) in [7, 11) is 0. The molecule has 0 bridgehead atoms. The molecular weight excluding hydrogens is 278 g/mol. The first-order chi connectivity index (χ1) is 7.33. The molecule has 84 valence electrons. The van der Waals surface area contributed by atoms with Gasteiger partial charge in [-0.2, -0.15) is 11.8 Å². The molecule has 2 N–H and O–H groups in total. The standard InChI is InChI=1S/C9H14BrN3OS/c10-8-6-12-9(13-7-8)11-2-5-15-4-1-3-14/h6-7,14H,1-5H2,(H,11,12,13). The summed E-state index contributed by atoms with van der Waals surface area (Å²) in [6, 6.07) is 0. The first-order valence-corrected chi connectivity index (χ1v) is 6.67. The first-order valence-electron chi connectivity index (χ1n) is 4.73. The number of hydrogen-bond donors (Lipinski definition) is 2. The highest BCUT2D eigenvalue weighted by molar-refractivity contribution is 9.10. The van der Waals surface area contributed by atoms with Crippen LogP contribution in [-0.4, -0.2) is 39.7 Å². The summed E-state index contributed by atoms with van der Waals surface area (Å²) >= 11 is 5.09. The summed E-state index contributed by atoms with van der Waals surface area (Å²) in [6.07, 6.45) is 4.29. The van der Waals surface area contributed by atoms with Crippen molar-refractivity contribution in [3.05, 3.63) is 16.9 Å². The molecule has 1 rings (SSSR count). The Hall–Kier alpha value is -0.330. The largest absolute Gasteiger partial charge is 0.396 e. The fourth-order valence-electron chi connectivity index (χ4n) is 0.907. The van der Waals surface area contributed by atoms with Gasteiger partial charge in [0.2, 0.25) is 5.95 Å². The van der Waals surface area contributed by atoms with Crippen molar-refractivity contribution in [1.29, 1.82) is 0 Å². The number of nitrogens with one attached hydrogen (secondary N) is 1. The Kier molecular flexibility index (Phi) is 6.71. The van der Waals surface area contributed by atoms with Gasteiger partial charge >= 0.3 is 0 Å². The van der Waals surface area contributed by atoms with Gasteiger partial charge in [0.25, 0.3) is 0 Å². The van der Waals surface area contributed by atoms with Crippen LogP contribution in [0.3, 0.4) is 0 Å². The van der Waals surface area contributed by atoms with E-state index in [0.29, 0.717) is 5.95 Å². The number of halogens is 1. The third-order valence-corrected chi connectivity index (χ3v) is 3.08. The lowest BCUT2D eigenvalue weighted by molar-refractivity contribution is 0.296. The molecular formula is C9H14BrN3OS. The predicted octanol–water partition coefficient (Wildman–Crippen LogP) is 1.77. The third kappa shape index (κ3) is 5.96. The fraction of sp³-hybridized carbons (Fsp3) is 0.556. The molecule has 0 fully saturated rings. The number of anilines is 1. The molecule has 0 aliphatic heterocycles. The van der Waals surface area contributed by atoms with Gasteiger partial charge in [-0.3, -0.25) is 0 Å². The molecule has 0 saturated heterocycles. The molecule has 0 amide bonds. The smallest absolute Gasteiger partial charge is 0.222 e. The molecule has 0 radical (unpaired) electrons. The minimum Gasteiger partial charge on any atom is -0.396 e. The number of thioether (sulfide) groups is 1. The van der Waals surface area contributed by atoms with Crippen molar-refractivity contribution >= 4 is 33.6 Å². The van der Waals surface area contributed by atoms with Crippen molar-refractivity contribution in [3.8, 4) is 0 Å². The number of rotatable bonds is 7. The Morgan fingerprint density at radius 2 is 2.07 bits per heavy atom. The Bertz CT molecular complexity index is 271. The number of aliphatic hydroxyl groups is 1. The number of hydrogen-bond acceptors (Lipinski definition) is 5. The predicted molar refractivity (Wildman–Crippen MR) is 67.2 cm³/mol. The number of aliphatic hydroxyl groups excluding tert-OH is 1. The highest BCUT2D eigenvalue weighted by Crippen LogP contribution is 2.07. The maximum atomic E-state index is 8.57. The van der Waals surface area contributed by atoms with E-state index in [0.717, 1.165) is 28.9 Å². The Morgan fingerprint density at radius 3 is 2.73 bits per heavy atom. The van der Waals surface area contributed by atoms with Crippen LogP contribution in [0.15, 0.2) is 16.9 Å². The summed E-state index contributed by atoms with van der Waals surface area (Å²) in [5.74, 6) is 2.65. The molecule has 0 unspecified atom stereocenters. The van der Waals surface area contributed by atoms with Gasteiger partial charge in [0.1, 0.15) is 0 Å². The van der Waals surface area contributed by atoms with E-state index in [4.69, 9.17) is 5.11 Å². The van der Waals surface area contributed by atoms with Gasteiger partial charge in [0, 0.05) is 31.3 Å².